The third-order valence-electron chi connectivity index (χ3n) is 4.86. The van der Waals surface area contributed by atoms with Crippen LogP contribution in [-0.2, 0) is 16.0 Å². The second-order valence-corrected chi connectivity index (χ2v) is 7.33. The summed E-state index contributed by atoms with van der Waals surface area (Å²) in [5.74, 6) is 1.71. The molecule has 0 heterocycles. The molecule has 0 aromatic heterocycles. The molecule has 2 rings (SSSR count). The summed E-state index contributed by atoms with van der Waals surface area (Å²) in [5, 5.41) is 6.79. The molecule has 7 nitrogen and oxygen atoms in total. The van der Waals surface area contributed by atoms with Crippen molar-refractivity contribution >= 4 is 29.9 Å². The molecular weight excluding hydrogens is 495 g/mol. The van der Waals surface area contributed by atoms with Crippen LogP contribution in [0.5, 0.6) is 5.75 Å². The van der Waals surface area contributed by atoms with Gasteiger partial charge in [0.2, 0.25) is 0 Å². The van der Waals surface area contributed by atoms with Gasteiger partial charge in [0, 0.05) is 52.0 Å². The molecule has 1 fully saturated rings. The first-order valence-electron chi connectivity index (χ1n) is 10.6. The third kappa shape index (κ3) is 10.3. The zero-order valence-corrected chi connectivity index (χ0v) is 21.2. The van der Waals surface area contributed by atoms with Crippen LogP contribution in [0, 0.1) is 6.92 Å². The fourth-order valence-electron chi connectivity index (χ4n) is 3.11. The predicted molar refractivity (Wildman–Crippen MR) is 133 cm³/mol. The van der Waals surface area contributed by atoms with Gasteiger partial charge in [-0.05, 0) is 38.3 Å². The number of nitrogens with zero attached hydrogens (tertiary/aromatic N) is 2. The van der Waals surface area contributed by atoms with Crippen molar-refractivity contribution in [1.29, 1.82) is 0 Å². The smallest absolute Gasteiger partial charge is 0.191 e. The number of ether oxygens (including phenoxy) is 3. The lowest BCUT2D eigenvalue weighted by molar-refractivity contribution is 0.144. The second kappa shape index (κ2) is 15.7. The maximum absolute atomic E-state index is 5.88. The minimum atomic E-state index is 0. The molecule has 8 heteroatoms. The van der Waals surface area contributed by atoms with E-state index in [9.17, 15) is 0 Å². The van der Waals surface area contributed by atoms with Crippen LogP contribution in [0.4, 0.5) is 0 Å². The van der Waals surface area contributed by atoms with Crippen molar-refractivity contribution in [3.63, 3.8) is 0 Å². The van der Waals surface area contributed by atoms with Crippen LogP contribution < -0.4 is 15.4 Å². The number of rotatable bonds is 14. The van der Waals surface area contributed by atoms with E-state index in [-0.39, 0.29) is 24.0 Å². The second-order valence-electron chi connectivity index (χ2n) is 7.33. The van der Waals surface area contributed by atoms with Gasteiger partial charge in [-0.1, -0.05) is 12.1 Å². The Hall–Kier alpha value is -1.10. The molecule has 0 spiro atoms. The molecule has 2 N–H and O–H groups in total. The molecule has 172 valence electrons. The predicted octanol–water partition coefficient (Wildman–Crippen LogP) is 2.80. The van der Waals surface area contributed by atoms with E-state index < -0.39 is 0 Å². The lowest BCUT2D eigenvalue weighted by Gasteiger charge is -2.22. The molecule has 1 aliphatic rings. The number of aliphatic imine (C=N–C) groups is 1. The van der Waals surface area contributed by atoms with Gasteiger partial charge in [-0.25, -0.2) is 4.99 Å². The highest BCUT2D eigenvalue weighted by atomic mass is 127. The van der Waals surface area contributed by atoms with E-state index >= 15 is 0 Å². The van der Waals surface area contributed by atoms with Crippen molar-refractivity contribution < 1.29 is 14.2 Å². The van der Waals surface area contributed by atoms with Crippen molar-refractivity contribution in [2.24, 2.45) is 4.99 Å². The number of nitrogens with one attached hydrogen (secondary N) is 2. The van der Waals surface area contributed by atoms with Crippen molar-refractivity contribution in [2.75, 3.05) is 60.2 Å². The summed E-state index contributed by atoms with van der Waals surface area (Å²) in [5.41, 5.74) is 2.25. The molecule has 0 amide bonds. The summed E-state index contributed by atoms with van der Waals surface area (Å²) in [4.78, 5) is 7.26. The number of methoxy groups -OCH3 is 2. The van der Waals surface area contributed by atoms with Gasteiger partial charge in [-0.2, -0.15) is 0 Å². The zero-order valence-electron chi connectivity index (χ0n) is 18.9. The Morgan fingerprint density at radius 1 is 1.10 bits per heavy atom. The summed E-state index contributed by atoms with van der Waals surface area (Å²) in [6, 6.07) is 6.97. The Kier molecular flexibility index (Phi) is 14.1. The minimum absolute atomic E-state index is 0. The molecule has 0 radical (unpaired) electrons. The molecule has 0 bridgehead atoms. The van der Waals surface area contributed by atoms with Gasteiger partial charge >= 0.3 is 0 Å². The molecule has 0 saturated heterocycles. The van der Waals surface area contributed by atoms with Gasteiger partial charge in [-0.15, -0.1) is 24.0 Å². The van der Waals surface area contributed by atoms with E-state index in [1.54, 1.807) is 14.2 Å². The van der Waals surface area contributed by atoms with Crippen LogP contribution in [0.15, 0.2) is 23.2 Å². The molecule has 0 unspecified atom stereocenters. The summed E-state index contributed by atoms with van der Waals surface area (Å²) < 4.78 is 16.2. The average molecular weight is 534 g/mol. The Bertz CT molecular complexity index is 626. The maximum Gasteiger partial charge on any atom is 0.191 e. The highest BCUT2D eigenvalue weighted by molar-refractivity contribution is 14.0. The molecular formula is C22H39IN4O3. The number of guanidine groups is 1. The summed E-state index contributed by atoms with van der Waals surface area (Å²) >= 11 is 0. The monoisotopic (exact) mass is 534 g/mol. The summed E-state index contributed by atoms with van der Waals surface area (Å²) in [6.45, 7) is 10.3. The molecule has 1 aromatic carbocycles. The van der Waals surface area contributed by atoms with Crippen LogP contribution in [0.2, 0.25) is 0 Å². The maximum atomic E-state index is 5.88. The topological polar surface area (TPSA) is 67.4 Å². The first-order chi connectivity index (χ1) is 14.2. The molecule has 1 aliphatic carbocycles. The largest absolute Gasteiger partial charge is 0.491 e. The Morgan fingerprint density at radius 2 is 1.87 bits per heavy atom. The van der Waals surface area contributed by atoms with Gasteiger partial charge in [-0.3, -0.25) is 4.90 Å². The van der Waals surface area contributed by atoms with E-state index in [0.717, 1.165) is 56.1 Å². The quantitative estimate of drug-likeness (QED) is 0.166. The van der Waals surface area contributed by atoms with Crippen LogP contribution in [0.3, 0.4) is 0 Å². The van der Waals surface area contributed by atoms with Crippen LogP contribution >= 0.6 is 24.0 Å². The average Bonchev–Trinajstić information content (AvgIpc) is 3.55. The number of halogens is 1. The van der Waals surface area contributed by atoms with Crippen molar-refractivity contribution in [1.82, 2.24) is 15.5 Å². The molecule has 1 aromatic rings. The van der Waals surface area contributed by atoms with Crippen molar-refractivity contribution in [3.8, 4) is 5.75 Å². The first kappa shape index (κ1) is 26.9. The lowest BCUT2D eigenvalue weighted by Crippen LogP contribution is -2.42. The van der Waals surface area contributed by atoms with E-state index in [4.69, 9.17) is 19.2 Å². The highest BCUT2D eigenvalue weighted by Crippen LogP contribution is 2.26. The van der Waals surface area contributed by atoms with Gasteiger partial charge in [0.25, 0.3) is 0 Å². The summed E-state index contributed by atoms with van der Waals surface area (Å²) in [6.07, 6.45) is 2.61. The Balaban J connectivity index is 0.00000450. The van der Waals surface area contributed by atoms with E-state index in [0.29, 0.717) is 19.8 Å². The van der Waals surface area contributed by atoms with E-state index in [1.165, 1.54) is 18.4 Å². The summed E-state index contributed by atoms with van der Waals surface area (Å²) in [7, 11) is 3.44. The van der Waals surface area contributed by atoms with Gasteiger partial charge in [0.05, 0.1) is 19.8 Å². The van der Waals surface area contributed by atoms with Crippen LogP contribution in [0.25, 0.3) is 0 Å². The lowest BCUT2D eigenvalue weighted by atomic mass is 10.1. The molecule has 1 saturated carbocycles. The number of hydrogen-bond donors (Lipinski definition) is 2. The molecule has 0 atom stereocenters. The van der Waals surface area contributed by atoms with Crippen LogP contribution in [0.1, 0.15) is 30.9 Å². The highest BCUT2D eigenvalue weighted by Gasteiger charge is 2.28. The van der Waals surface area contributed by atoms with Gasteiger partial charge < -0.3 is 24.8 Å². The third-order valence-corrected chi connectivity index (χ3v) is 4.86. The van der Waals surface area contributed by atoms with Crippen molar-refractivity contribution in [2.45, 2.75) is 39.3 Å². The SMILES string of the molecule is CCNC(=NCc1ccc(C)cc1OCCOC)NCCN(CCOC)C1CC1.I. The van der Waals surface area contributed by atoms with E-state index in [1.807, 2.05) is 0 Å². The normalized spacial score (nSPS) is 13.8. The Labute approximate surface area is 199 Å². The van der Waals surface area contributed by atoms with Gasteiger partial charge in [0.15, 0.2) is 5.96 Å². The zero-order chi connectivity index (χ0) is 20.9. The van der Waals surface area contributed by atoms with Crippen molar-refractivity contribution in [3.05, 3.63) is 29.3 Å². The fraction of sp³-hybridized carbons (Fsp3) is 0.682. The molecule has 0 aliphatic heterocycles. The first-order valence-corrected chi connectivity index (χ1v) is 10.6. The Morgan fingerprint density at radius 3 is 2.53 bits per heavy atom. The minimum Gasteiger partial charge on any atom is -0.491 e. The number of aryl methyl sites for hydroxylation is 1. The van der Waals surface area contributed by atoms with Gasteiger partial charge in [0.1, 0.15) is 12.4 Å². The molecule has 30 heavy (non-hydrogen) atoms. The fourth-order valence-corrected chi connectivity index (χ4v) is 3.11. The number of hydrogen-bond acceptors (Lipinski definition) is 5. The van der Waals surface area contributed by atoms with E-state index in [2.05, 4.69) is 47.6 Å². The standard InChI is InChI=1S/C22H38N4O3.HI/c1-5-23-22(24-10-11-26(12-13-27-3)20-8-9-20)25-17-19-7-6-18(2)16-21(19)29-15-14-28-4;/h6-7,16,20H,5,8-15,17H2,1-4H3,(H2,23,24,25);1H. The van der Waals surface area contributed by atoms with Crippen LogP contribution in [-0.4, -0.2) is 77.1 Å². The number of benzene rings is 1.